The fraction of sp³-hybridized carbons (Fsp3) is 0.486. The number of thioether (sulfide) groups is 1. The number of nitrogens with zero attached hydrogens (tertiary/aromatic N) is 5. The van der Waals surface area contributed by atoms with Gasteiger partial charge in [-0.15, -0.1) is 0 Å². The molecule has 266 valence electrons. The van der Waals surface area contributed by atoms with Gasteiger partial charge in [0, 0.05) is 47.1 Å². The number of likely N-dealkylation sites (tertiary alicyclic amines) is 1. The van der Waals surface area contributed by atoms with Gasteiger partial charge in [-0.2, -0.15) is 0 Å². The van der Waals surface area contributed by atoms with Crippen molar-refractivity contribution in [2.75, 3.05) is 25.4 Å². The Morgan fingerprint density at radius 2 is 1.96 bits per heavy atom. The molecule has 3 unspecified atom stereocenters. The molecule has 0 aliphatic carbocycles. The van der Waals surface area contributed by atoms with Crippen LogP contribution in [0.4, 0.5) is 18.0 Å². The first-order chi connectivity index (χ1) is 23.7. The molecule has 4 aliphatic rings. The van der Waals surface area contributed by atoms with Gasteiger partial charge in [-0.3, -0.25) is 9.79 Å². The summed E-state index contributed by atoms with van der Waals surface area (Å²) in [7, 11) is 0. The van der Waals surface area contributed by atoms with Crippen molar-refractivity contribution in [1.82, 2.24) is 24.7 Å². The Bertz CT molecular complexity index is 1850. The number of imidazole rings is 1. The van der Waals surface area contributed by atoms with Crippen LogP contribution in [0, 0.1) is 0 Å². The second-order valence-corrected chi connectivity index (χ2v) is 15.6. The van der Waals surface area contributed by atoms with Gasteiger partial charge >= 0.3 is 6.09 Å². The van der Waals surface area contributed by atoms with Gasteiger partial charge in [-0.1, -0.05) is 47.6 Å². The van der Waals surface area contributed by atoms with E-state index in [1.807, 2.05) is 0 Å². The van der Waals surface area contributed by atoms with Crippen molar-refractivity contribution in [2.24, 2.45) is 4.99 Å². The number of halogens is 4. The molecule has 1 saturated heterocycles. The molecule has 4 aliphatic heterocycles. The van der Waals surface area contributed by atoms with Gasteiger partial charge in [0.15, 0.2) is 11.4 Å². The fourth-order valence-corrected chi connectivity index (χ4v) is 8.19. The standard InChI is InChI=1S/C35H38ClF3N6O4S/c1-34(2,3)49-33(48)43-10-8-25(35(38,39)17-43)20-6-4-19(5-7-20)21-12-23-24(26(36)13-21)16-45(31(23)47)29(30(46)42-32-40-9-11-50-32)28-27-14-22(37)15-44(27)18-41-28/h4-7,12-13,18,22,25,29-30,46H,8-11,14-17H2,1-3H3,(H,40,42)/t22-,25?,29?,30?/m1/s1. The van der Waals surface area contributed by atoms with Crippen molar-refractivity contribution in [3.8, 4) is 11.1 Å². The summed E-state index contributed by atoms with van der Waals surface area (Å²) in [5, 5.41) is 15.4. The summed E-state index contributed by atoms with van der Waals surface area (Å²) < 4.78 is 52.2. The molecule has 2 N–H and O–H groups in total. The van der Waals surface area contributed by atoms with Crippen molar-refractivity contribution in [3.63, 3.8) is 0 Å². The van der Waals surface area contributed by atoms with Crippen LogP contribution in [-0.2, 0) is 24.2 Å². The van der Waals surface area contributed by atoms with E-state index in [2.05, 4.69) is 15.3 Å². The Hall–Kier alpha value is -3.75. The number of fused-ring (bicyclic) bond motifs is 2. The van der Waals surface area contributed by atoms with Crippen LogP contribution in [0.1, 0.15) is 72.0 Å². The molecule has 7 rings (SSSR count). The van der Waals surface area contributed by atoms with Crippen molar-refractivity contribution in [3.05, 3.63) is 75.8 Å². The number of hydrogen-bond acceptors (Lipinski definition) is 8. The van der Waals surface area contributed by atoms with E-state index in [9.17, 15) is 19.1 Å². The van der Waals surface area contributed by atoms with Gasteiger partial charge in [-0.05, 0) is 56.0 Å². The number of carbonyl (C=O) groups is 2. The predicted octanol–water partition coefficient (Wildman–Crippen LogP) is 6.17. The molecular weight excluding hydrogens is 693 g/mol. The van der Waals surface area contributed by atoms with Crippen LogP contribution in [0.5, 0.6) is 0 Å². The van der Waals surface area contributed by atoms with E-state index in [4.69, 9.17) is 16.3 Å². The van der Waals surface area contributed by atoms with Crippen LogP contribution in [0.2, 0.25) is 5.02 Å². The van der Waals surface area contributed by atoms with Gasteiger partial charge in [-0.25, -0.2) is 22.9 Å². The Labute approximate surface area is 297 Å². The predicted molar refractivity (Wildman–Crippen MR) is 184 cm³/mol. The molecule has 0 radical (unpaired) electrons. The second kappa shape index (κ2) is 13.1. The molecule has 1 fully saturated rings. The quantitative estimate of drug-likeness (QED) is 0.292. The van der Waals surface area contributed by atoms with Crippen LogP contribution in [0.15, 0.2) is 47.7 Å². The van der Waals surface area contributed by atoms with Crippen LogP contribution < -0.4 is 5.32 Å². The van der Waals surface area contributed by atoms with Gasteiger partial charge in [0.1, 0.15) is 17.8 Å². The van der Waals surface area contributed by atoms with E-state index in [0.717, 1.165) is 10.7 Å². The minimum atomic E-state index is -3.16. The van der Waals surface area contributed by atoms with Crippen LogP contribution in [0.25, 0.3) is 11.1 Å². The van der Waals surface area contributed by atoms with Gasteiger partial charge in [0.05, 0.1) is 37.6 Å². The molecule has 15 heteroatoms. The number of alkyl halides is 3. The summed E-state index contributed by atoms with van der Waals surface area (Å²) in [5.41, 5.74) is 2.92. The molecule has 2 amide bonds. The number of piperidine rings is 1. The SMILES string of the molecule is CC(C)(C)OC(=O)N1CCC(c2ccc(-c3cc(Cl)c4c(c3)C(=O)N(C(c3ncn5c3C[C@@H](F)C5)C(O)NC3=NCCS3)C4)cc2)C(F)(F)C1. The van der Waals surface area contributed by atoms with Gasteiger partial charge in [0.25, 0.3) is 11.8 Å². The third-order valence-electron chi connectivity index (χ3n) is 9.47. The average molecular weight is 731 g/mol. The van der Waals surface area contributed by atoms with Crippen molar-refractivity contribution >= 4 is 40.5 Å². The number of benzene rings is 2. The highest BCUT2D eigenvalue weighted by Crippen LogP contribution is 2.43. The lowest BCUT2D eigenvalue weighted by Crippen LogP contribution is -2.50. The lowest BCUT2D eigenvalue weighted by molar-refractivity contribution is -0.0848. The maximum absolute atomic E-state index is 15.4. The zero-order chi connectivity index (χ0) is 35.5. The monoisotopic (exact) mass is 730 g/mol. The number of aliphatic hydroxyl groups excluding tert-OH is 1. The zero-order valence-corrected chi connectivity index (χ0v) is 29.4. The van der Waals surface area contributed by atoms with E-state index >= 15 is 8.78 Å². The highest BCUT2D eigenvalue weighted by molar-refractivity contribution is 8.14. The van der Waals surface area contributed by atoms with Crippen LogP contribution in [-0.4, -0.2) is 90.9 Å². The van der Waals surface area contributed by atoms with Gasteiger partial charge < -0.3 is 29.5 Å². The number of aromatic nitrogens is 2. The van der Waals surface area contributed by atoms with Crippen LogP contribution >= 0.6 is 23.4 Å². The minimum Gasteiger partial charge on any atom is -0.444 e. The number of carbonyl (C=O) groups excluding carboxylic acids is 2. The normalized spacial score (nSPS) is 22.6. The summed E-state index contributed by atoms with van der Waals surface area (Å²) in [6, 6.07) is 9.23. The molecule has 5 heterocycles. The molecule has 50 heavy (non-hydrogen) atoms. The maximum Gasteiger partial charge on any atom is 0.410 e. The number of ether oxygens (including phenoxy) is 1. The topological polar surface area (TPSA) is 112 Å². The van der Waals surface area contributed by atoms with E-state index < -0.39 is 48.5 Å². The number of rotatable bonds is 6. The van der Waals surface area contributed by atoms with Gasteiger partial charge in [0.2, 0.25) is 0 Å². The van der Waals surface area contributed by atoms with E-state index in [0.29, 0.717) is 55.9 Å². The van der Waals surface area contributed by atoms with E-state index in [1.54, 1.807) is 61.7 Å². The molecule has 1 aromatic heterocycles. The molecule has 10 nitrogen and oxygen atoms in total. The van der Waals surface area contributed by atoms with Crippen LogP contribution in [0.3, 0.4) is 0 Å². The summed E-state index contributed by atoms with van der Waals surface area (Å²) in [5.74, 6) is -3.86. The summed E-state index contributed by atoms with van der Waals surface area (Å²) in [6.45, 7) is 5.35. The number of aliphatic hydroxyl groups is 1. The second-order valence-electron chi connectivity index (χ2n) is 14.1. The molecular formula is C35H38ClF3N6O4S. The van der Waals surface area contributed by atoms with Crippen molar-refractivity contribution in [1.29, 1.82) is 0 Å². The molecule has 0 spiro atoms. The first-order valence-electron chi connectivity index (χ1n) is 16.6. The summed E-state index contributed by atoms with van der Waals surface area (Å²) >= 11 is 8.26. The third kappa shape index (κ3) is 6.69. The number of amides is 2. The highest BCUT2D eigenvalue weighted by Gasteiger charge is 2.47. The molecule has 4 atom stereocenters. The highest BCUT2D eigenvalue weighted by atomic mass is 35.5. The molecule has 3 aromatic rings. The zero-order valence-electron chi connectivity index (χ0n) is 27.8. The summed E-state index contributed by atoms with van der Waals surface area (Å²) in [4.78, 5) is 38.0. The Morgan fingerprint density at radius 3 is 2.64 bits per heavy atom. The fourth-order valence-electron chi connectivity index (χ4n) is 7.15. The number of aliphatic imine (C=N–C) groups is 1. The molecule has 0 saturated carbocycles. The molecule has 0 bridgehead atoms. The number of hydrogen-bond donors (Lipinski definition) is 2. The summed E-state index contributed by atoms with van der Waals surface area (Å²) in [6.07, 6.45) is -1.39. The number of nitrogens with one attached hydrogen (secondary N) is 1. The maximum atomic E-state index is 15.4. The van der Waals surface area contributed by atoms with Crippen molar-refractivity contribution in [2.45, 2.75) is 82.6 Å². The first kappa shape index (κ1) is 34.7. The first-order valence-corrected chi connectivity index (χ1v) is 17.9. The lowest BCUT2D eigenvalue weighted by Gasteiger charge is -2.39. The minimum absolute atomic E-state index is 0.0699. The third-order valence-corrected chi connectivity index (χ3v) is 10.7. The van der Waals surface area contributed by atoms with Crippen molar-refractivity contribution < 1.29 is 32.6 Å². The Kier molecular flexibility index (Phi) is 9.09. The van der Waals surface area contributed by atoms with E-state index in [-0.39, 0.29) is 38.4 Å². The Balaban J connectivity index is 1.12. The largest absolute Gasteiger partial charge is 0.444 e. The Morgan fingerprint density at radius 1 is 1.20 bits per heavy atom. The number of amidine groups is 1. The lowest BCUT2D eigenvalue weighted by atomic mass is 9.85. The van der Waals surface area contributed by atoms with E-state index in [1.165, 1.54) is 23.0 Å². The molecule has 2 aromatic carbocycles. The average Bonchev–Trinajstić information content (AvgIpc) is 3.83. The smallest absolute Gasteiger partial charge is 0.410 e.